The number of carbonyl (C=O) groups excluding carboxylic acids is 3. The van der Waals surface area contributed by atoms with Gasteiger partial charge in [0.15, 0.2) is 0 Å². The SMILES string of the molecule is COc1ccc(C#N)cc1/C=C(\C#N)c1cn(C(=O)C[C@H](NC(=O)OC(C)(C)C)C(=O)OCc2ccccc2)c2ccc(Br)cc12. The summed E-state index contributed by atoms with van der Waals surface area (Å²) in [4.78, 5) is 39.8. The highest BCUT2D eigenvalue weighted by Gasteiger charge is 2.29. The van der Waals surface area contributed by atoms with Crippen molar-refractivity contribution >= 4 is 56.5 Å². The van der Waals surface area contributed by atoms with Crippen LogP contribution in [0.5, 0.6) is 5.75 Å². The van der Waals surface area contributed by atoms with Gasteiger partial charge in [0.1, 0.15) is 24.0 Å². The van der Waals surface area contributed by atoms with Gasteiger partial charge in [0, 0.05) is 27.2 Å². The van der Waals surface area contributed by atoms with Crippen LogP contribution in [-0.4, -0.2) is 41.3 Å². The number of allylic oxidation sites excluding steroid dienone is 1. The van der Waals surface area contributed by atoms with Crippen molar-refractivity contribution in [2.45, 2.75) is 45.4 Å². The summed E-state index contributed by atoms with van der Waals surface area (Å²) >= 11 is 3.46. The number of nitriles is 2. The number of hydrogen-bond donors (Lipinski definition) is 1. The number of hydrogen-bond acceptors (Lipinski definition) is 8. The molecule has 0 aliphatic rings. The van der Waals surface area contributed by atoms with E-state index in [4.69, 9.17) is 14.2 Å². The van der Waals surface area contributed by atoms with Crippen molar-refractivity contribution < 1.29 is 28.6 Å². The zero-order valence-electron chi connectivity index (χ0n) is 25.7. The summed E-state index contributed by atoms with van der Waals surface area (Å²) in [5.41, 5.74) is 1.87. The lowest BCUT2D eigenvalue weighted by Crippen LogP contribution is -2.45. The smallest absolute Gasteiger partial charge is 0.408 e. The number of alkyl carbamates (subject to hydrolysis) is 1. The van der Waals surface area contributed by atoms with Crippen LogP contribution in [0.4, 0.5) is 4.79 Å². The first-order valence-electron chi connectivity index (χ1n) is 14.2. The first kappa shape index (κ1) is 33.5. The summed E-state index contributed by atoms with van der Waals surface area (Å²) in [5, 5.41) is 22.7. The van der Waals surface area contributed by atoms with Gasteiger partial charge in [-0.2, -0.15) is 10.5 Å². The monoisotopic (exact) mass is 682 g/mol. The van der Waals surface area contributed by atoms with Crippen LogP contribution in [0.25, 0.3) is 22.6 Å². The normalized spacial score (nSPS) is 12.0. The molecule has 0 radical (unpaired) electrons. The number of rotatable bonds is 9. The number of esters is 1. The lowest BCUT2D eigenvalue weighted by molar-refractivity contribution is -0.147. The van der Waals surface area contributed by atoms with Crippen molar-refractivity contribution in [2.75, 3.05) is 7.11 Å². The molecule has 46 heavy (non-hydrogen) atoms. The van der Waals surface area contributed by atoms with Crippen LogP contribution in [0.3, 0.4) is 0 Å². The zero-order valence-corrected chi connectivity index (χ0v) is 27.3. The largest absolute Gasteiger partial charge is 0.496 e. The van der Waals surface area contributed by atoms with Crippen molar-refractivity contribution in [2.24, 2.45) is 0 Å². The maximum absolute atomic E-state index is 13.9. The summed E-state index contributed by atoms with van der Waals surface area (Å²) in [5.74, 6) is -0.903. The summed E-state index contributed by atoms with van der Waals surface area (Å²) in [7, 11) is 1.49. The number of nitrogens with one attached hydrogen (secondary N) is 1. The third-order valence-electron chi connectivity index (χ3n) is 6.68. The van der Waals surface area contributed by atoms with Crippen molar-refractivity contribution in [3.63, 3.8) is 0 Å². The van der Waals surface area contributed by atoms with Crippen LogP contribution in [0.15, 0.2) is 77.4 Å². The molecule has 1 aromatic heterocycles. The number of aromatic nitrogens is 1. The summed E-state index contributed by atoms with van der Waals surface area (Å²) < 4.78 is 18.3. The third kappa shape index (κ3) is 8.40. The van der Waals surface area contributed by atoms with Crippen LogP contribution in [-0.2, 0) is 20.9 Å². The van der Waals surface area contributed by atoms with E-state index in [9.17, 15) is 24.9 Å². The van der Waals surface area contributed by atoms with Gasteiger partial charge in [0.25, 0.3) is 0 Å². The molecule has 10 nitrogen and oxygen atoms in total. The van der Waals surface area contributed by atoms with Crippen LogP contribution in [0.2, 0.25) is 0 Å². The molecule has 0 saturated heterocycles. The number of ether oxygens (including phenoxy) is 3. The summed E-state index contributed by atoms with van der Waals surface area (Å²) in [6, 6.07) is 22.0. The fourth-order valence-corrected chi connectivity index (χ4v) is 4.97. The van der Waals surface area contributed by atoms with Crippen molar-refractivity contribution in [3.05, 3.63) is 99.7 Å². The summed E-state index contributed by atoms with van der Waals surface area (Å²) in [6.07, 6.45) is 1.75. The molecule has 1 atom stereocenters. The van der Waals surface area contributed by atoms with Gasteiger partial charge in [0.05, 0.1) is 42.3 Å². The predicted molar refractivity (Wildman–Crippen MR) is 175 cm³/mol. The quantitative estimate of drug-likeness (QED) is 0.147. The molecule has 3 aromatic carbocycles. The first-order valence-corrected chi connectivity index (χ1v) is 15.0. The first-order chi connectivity index (χ1) is 21.9. The van der Waals surface area contributed by atoms with E-state index in [0.29, 0.717) is 37.8 Å². The molecule has 0 saturated carbocycles. The Morgan fingerprint density at radius 2 is 1.78 bits per heavy atom. The number of amides is 1. The third-order valence-corrected chi connectivity index (χ3v) is 7.18. The molecular weight excluding hydrogens is 652 g/mol. The molecule has 1 heterocycles. The van der Waals surface area contributed by atoms with Crippen molar-refractivity contribution in [1.82, 2.24) is 9.88 Å². The Kier molecular flexibility index (Phi) is 10.6. The fraction of sp³-hybridized carbons (Fsp3) is 0.229. The molecular formula is C35H31BrN4O6. The van der Waals surface area contributed by atoms with E-state index >= 15 is 0 Å². The number of fused-ring (bicyclic) bond motifs is 1. The summed E-state index contributed by atoms with van der Waals surface area (Å²) in [6.45, 7) is 4.98. The highest BCUT2D eigenvalue weighted by Crippen LogP contribution is 2.33. The minimum Gasteiger partial charge on any atom is -0.496 e. The van der Waals surface area contributed by atoms with Crippen LogP contribution in [0, 0.1) is 22.7 Å². The van der Waals surface area contributed by atoms with Crippen LogP contribution < -0.4 is 10.1 Å². The maximum Gasteiger partial charge on any atom is 0.408 e. The van der Waals surface area contributed by atoms with E-state index in [1.165, 1.54) is 17.9 Å². The van der Waals surface area contributed by atoms with E-state index in [2.05, 4.69) is 33.4 Å². The zero-order chi connectivity index (χ0) is 33.4. The second-order valence-electron chi connectivity index (χ2n) is 11.2. The minimum atomic E-state index is -1.37. The van der Waals surface area contributed by atoms with Gasteiger partial charge in [-0.05, 0) is 68.8 Å². The lowest BCUT2D eigenvalue weighted by atomic mass is 10.0. The van der Waals surface area contributed by atoms with Gasteiger partial charge >= 0.3 is 12.1 Å². The Bertz CT molecular complexity index is 1890. The van der Waals surface area contributed by atoms with Crippen LogP contribution >= 0.6 is 15.9 Å². The van der Waals surface area contributed by atoms with Crippen molar-refractivity contribution in [1.29, 1.82) is 10.5 Å². The topological polar surface area (TPSA) is 143 Å². The number of benzene rings is 3. The highest BCUT2D eigenvalue weighted by molar-refractivity contribution is 9.10. The molecule has 0 aliphatic carbocycles. The molecule has 0 unspecified atom stereocenters. The average molecular weight is 684 g/mol. The predicted octanol–water partition coefficient (Wildman–Crippen LogP) is 7.02. The second kappa shape index (κ2) is 14.6. The molecule has 1 N–H and O–H groups in total. The Labute approximate surface area is 274 Å². The van der Waals surface area contributed by atoms with Gasteiger partial charge in [0.2, 0.25) is 5.91 Å². The standard InChI is InChI=1S/C35H31BrN4O6/c1-35(2,3)46-34(43)39-29(33(42)45-21-22-8-6-5-7-9-22)17-32(41)40-20-28(27-16-26(36)11-12-30(27)40)25(19-38)15-24-14-23(18-37)10-13-31(24)44-4/h5-16,20,29H,17,21H2,1-4H3,(H,39,43)/b25-15+/t29-/m0/s1. The van der Waals surface area contributed by atoms with Gasteiger partial charge in [-0.15, -0.1) is 0 Å². The molecule has 4 aromatic rings. The maximum atomic E-state index is 13.9. The van der Waals surface area contributed by atoms with Crippen LogP contribution in [0.1, 0.15) is 54.2 Å². The molecule has 0 bridgehead atoms. The molecule has 1 amide bonds. The number of carbonyl (C=O) groups is 3. The number of halogens is 1. The Balaban J connectivity index is 1.71. The molecule has 4 rings (SSSR count). The van der Waals surface area contributed by atoms with Gasteiger partial charge in [-0.1, -0.05) is 46.3 Å². The van der Waals surface area contributed by atoms with Gasteiger partial charge in [-0.3, -0.25) is 9.36 Å². The Morgan fingerprint density at radius 3 is 2.43 bits per heavy atom. The molecule has 0 spiro atoms. The van der Waals surface area contributed by atoms with E-state index in [-0.39, 0.29) is 12.2 Å². The Hall–Kier alpha value is -5.39. The number of methoxy groups -OCH3 is 1. The lowest BCUT2D eigenvalue weighted by Gasteiger charge is -2.23. The molecule has 11 heteroatoms. The van der Waals surface area contributed by atoms with Crippen molar-refractivity contribution in [3.8, 4) is 17.9 Å². The van der Waals surface area contributed by atoms with E-state index in [1.54, 1.807) is 87.5 Å². The molecule has 0 aliphatic heterocycles. The minimum absolute atomic E-state index is 0.0578. The molecule has 0 fully saturated rings. The number of nitrogens with zero attached hydrogens (tertiary/aromatic N) is 3. The van der Waals surface area contributed by atoms with Gasteiger partial charge < -0.3 is 19.5 Å². The Morgan fingerprint density at radius 1 is 1.04 bits per heavy atom. The van der Waals surface area contributed by atoms with E-state index < -0.39 is 36.0 Å². The second-order valence-corrected chi connectivity index (χ2v) is 12.1. The highest BCUT2D eigenvalue weighted by atomic mass is 79.9. The fourth-order valence-electron chi connectivity index (χ4n) is 4.61. The molecule has 234 valence electrons. The average Bonchev–Trinajstić information content (AvgIpc) is 3.40. The van der Waals surface area contributed by atoms with E-state index in [1.807, 2.05) is 6.07 Å². The van der Waals surface area contributed by atoms with E-state index in [0.717, 1.165) is 5.56 Å². The van der Waals surface area contributed by atoms with Gasteiger partial charge in [-0.25, -0.2) is 9.59 Å².